The number of ether oxygens (including phenoxy) is 1. The Morgan fingerprint density at radius 2 is 1.88 bits per heavy atom. The van der Waals surface area contributed by atoms with E-state index in [4.69, 9.17) is 9.15 Å². The van der Waals surface area contributed by atoms with Gasteiger partial charge >= 0.3 is 0 Å². The number of halogens is 1. The Hall–Kier alpha value is -3.36. The molecule has 8 nitrogen and oxygen atoms in total. The number of carbonyl (C=O) groups excluding carboxylic acids is 3. The molecule has 1 unspecified atom stereocenters. The third kappa shape index (κ3) is 5.65. The highest BCUT2D eigenvalue weighted by molar-refractivity contribution is 5.95. The summed E-state index contributed by atoms with van der Waals surface area (Å²) in [6.45, 7) is 1.07. The number of carbonyl (C=O) groups is 3. The van der Waals surface area contributed by atoms with E-state index in [1.807, 2.05) is 0 Å². The zero-order valence-corrected chi connectivity index (χ0v) is 13.2. The monoisotopic (exact) mass is 349 g/mol. The number of amides is 3. The van der Waals surface area contributed by atoms with Gasteiger partial charge in [-0.25, -0.2) is 4.39 Å². The quantitative estimate of drug-likeness (QED) is 0.667. The third-order valence-electron chi connectivity index (χ3n) is 2.99. The Labute approximate surface area is 142 Å². The van der Waals surface area contributed by atoms with Crippen LogP contribution in [0.25, 0.3) is 0 Å². The van der Waals surface area contributed by atoms with Crippen molar-refractivity contribution < 1.29 is 27.9 Å². The van der Waals surface area contributed by atoms with Gasteiger partial charge in [-0.15, -0.1) is 0 Å². The topological polar surface area (TPSA) is 110 Å². The van der Waals surface area contributed by atoms with Crippen LogP contribution in [0.4, 0.5) is 4.39 Å². The van der Waals surface area contributed by atoms with Crippen LogP contribution in [0.2, 0.25) is 0 Å². The molecule has 2 aromatic rings. The number of hydrogen-bond donors (Lipinski definition) is 3. The normalized spacial score (nSPS) is 11.3. The van der Waals surface area contributed by atoms with E-state index in [1.54, 1.807) is 6.07 Å². The van der Waals surface area contributed by atoms with Gasteiger partial charge in [-0.2, -0.15) is 0 Å². The minimum absolute atomic E-state index is 0.0661. The summed E-state index contributed by atoms with van der Waals surface area (Å²) in [4.78, 5) is 35.1. The molecule has 25 heavy (non-hydrogen) atoms. The van der Waals surface area contributed by atoms with Crippen LogP contribution < -0.4 is 20.9 Å². The van der Waals surface area contributed by atoms with E-state index in [2.05, 4.69) is 16.2 Å². The molecule has 1 aromatic carbocycles. The molecule has 0 aliphatic heterocycles. The third-order valence-corrected chi connectivity index (χ3v) is 2.99. The van der Waals surface area contributed by atoms with Gasteiger partial charge in [0.25, 0.3) is 17.7 Å². The summed E-state index contributed by atoms with van der Waals surface area (Å²) in [5.41, 5.74) is 4.30. The fourth-order valence-electron chi connectivity index (χ4n) is 1.70. The summed E-state index contributed by atoms with van der Waals surface area (Å²) in [7, 11) is 0. The summed E-state index contributed by atoms with van der Waals surface area (Å²) in [5.74, 6) is -1.86. The first-order chi connectivity index (χ1) is 12.0. The van der Waals surface area contributed by atoms with Gasteiger partial charge in [-0.3, -0.25) is 25.2 Å². The predicted octanol–water partition coefficient (Wildman–Crippen LogP) is 0.763. The van der Waals surface area contributed by atoms with Crippen molar-refractivity contribution in [1.82, 2.24) is 16.2 Å². The maximum Gasteiger partial charge on any atom is 0.287 e. The predicted molar refractivity (Wildman–Crippen MR) is 83.8 cm³/mol. The molecule has 1 heterocycles. The van der Waals surface area contributed by atoms with Gasteiger partial charge in [-0.05, 0) is 43.3 Å². The van der Waals surface area contributed by atoms with E-state index >= 15 is 0 Å². The van der Waals surface area contributed by atoms with E-state index in [0.717, 1.165) is 0 Å². The number of rotatable bonds is 6. The molecule has 0 aliphatic rings. The molecule has 0 fully saturated rings. The highest BCUT2D eigenvalue weighted by atomic mass is 19.1. The summed E-state index contributed by atoms with van der Waals surface area (Å²) in [6, 6.07) is 7.21. The highest BCUT2D eigenvalue weighted by Crippen LogP contribution is 2.10. The maximum absolute atomic E-state index is 12.7. The van der Waals surface area contributed by atoms with Gasteiger partial charge in [0.15, 0.2) is 12.4 Å². The first kappa shape index (κ1) is 18.0. The molecule has 0 aliphatic carbocycles. The summed E-state index contributed by atoms with van der Waals surface area (Å²) in [6.07, 6.45) is 1.33. The van der Waals surface area contributed by atoms with Gasteiger partial charge in [0, 0.05) is 0 Å². The lowest BCUT2D eigenvalue weighted by atomic mass is 10.3. The lowest BCUT2D eigenvalue weighted by molar-refractivity contribution is -0.130. The zero-order valence-electron chi connectivity index (χ0n) is 13.2. The van der Waals surface area contributed by atoms with E-state index in [1.165, 1.54) is 43.5 Å². The molecule has 0 radical (unpaired) electrons. The largest absolute Gasteiger partial charge is 0.484 e. The Kier molecular flexibility index (Phi) is 6.10. The molecule has 0 saturated carbocycles. The average Bonchev–Trinajstić information content (AvgIpc) is 3.13. The van der Waals surface area contributed by atoms with Crippen molar-refractivity contribution in [1.29, 1.82) is 0 Å². The molecule has 3 amide bonds. The van der Waals surface area contributed by atoms with Crippen LogP contribution in [0.15, 0.2) is 47.1 Å². The van der Waals surface area contributed by atoms with Crippen LogP contribution in [-0.4, -0.2) is 30.4 Å². The van der Waals surface area contributed by atoms with E-state index in [0.29, 0.717) is 5.75 Å². The van der Waals surface area contributed by atoms with Crippen molar-refractivity contribution in [2.24, 2.45) is 0 Å². The van der Waals surface area contributed by atoms with Gasteiger partial charge < -0.3 is 14.5 Å². The standard InChI is InChI=1S/C16H16FN3O5/c1-10(18-16(23)13-3-2-8-24-13)15(22)20-19-14(21)9-25-12-6-4-11(17)5-7-12/h2-8,10H,9H2,1H3,(H,18,23)(H,19,21)(H,20,22). The Bertz CT molecular complexity index is 731. The lowest BCUT2D eigenvalue weighted by Crippen LogP contribution is -2.51. The Balaban J connectivity index is 1.70. The molecule has 0 saturated heterocycles. The number of benzene rings is 1. The Morgan fingerprint density at radius 1 is 1.16 bits per heavy atom. The van der Waals surface area contributed by atoms with Crippen LogP contribution >= 0.6 is 0 Å². The van der Waals surface area contributed by atoms with Crippen LogP contribution in [0.5, 0.6) is 5.75 Å². The van der Waals surface area contributed by atoms with Crippen LogP contribution in [0.3, 0.4) is 0 Å². The van der Waals surface area contributed by atoms with Gasteiger partial charge in [0.2, 0.25) is 0 Å². The zero-order chi connectivity index (χ0) is 18.2. The van der Waals surface area contributed by atoms with Crippen molar-refractivity contribution in [3.05, 3.63) is 54.2 Å². The van der Waals surface area contributed by atoms with Crippen molar-refractivity contribution in [3.8, 4) is 5.75 Å². The SMILES string of the molecule is CC(NC(=O)c1ccco1)C(=O)NNC(=O)COc1ccc(F)cc1. The van der Waals surface area contributed by atoms with E-state index in [9.17, 15) is 18.8 Å². The second kappa shape index (κ2) is 8.48. The minimum Gasteiger partial charge on any atom is -0.484 e. The molecule has 9 heteroatoms. The molecular weight excluding hydrogens is 333 g/mol. The minimum atomic E-state index is -0.907. The number of hydrazine groups is 1. The van der Waals surface area contributed by atoms with Gasteiger partial charge in [-0.1, -0.05) is 0 Å². The molecule has 1 atom stereocenters. The second-order valence-corrected chi connectivity index (χ2v) is 4.95. The molecule has 3 N–H and O–H groups in total. The van der Waals surface area contributed by atoms with E-state index in [-0.39, 0.29) is 12.4 Å². The summed E-state index contributed by atoms with van der Waals surface area (Å²) in [5, 5.41) is 2.41. The second-order valence-electron chi connectivity index (χ2n) is 4.95. The average molecular weight is 349 g/mol. The van der Waals surface area contributed by atoms with Crippen molar-refractivity contribution in [2.75, 3.05) is 6.61 Å². The number of nitrogens with one attached hydrogen (secondary N) is 3. The lowest BCUT2D eigenvalue weighted by Gasteiger charge is -2.14. The summed E-state index contributed by atoms with van der Waals surface area (Å²) >= 11 is 0. The molecule has 2 rings (SSSR count). The fourth-order valence-corrected chi connectivity index (χ4v) is 1.70. The number of hydrogen-bond acceptors (Lipinski definition) is 5. The fraction of sp³-hybridized carbons (Fsp3) is 0.188. The van der Waals surface area contributed by atoms with Crippen molar-refractivity contribution in [2.45, 2.75) is 13.0 Å². The van der Waals surface area contributed by atoms with E-state index < -0.39 is 29.6 Å². The highest BCUT2D eigenvalue weighted by Gasteiger charge is 2.18. The first-order valence-corrected chi connectivity index (χ1v) is 7.27. The maximum atomic E-state index is 12.7. The first-order valence-electron chi connectivity index (χ1n) is 7.27. The molecule has 132 valence electrons. The van der Waals surface area contributed by atoms with Crippen molar-refractivity contribution in [3.63, 3.8) is 0 Å². The van der Waals surface area contributed by atoms with Crippen LogP contribution in [0, 0.1) is 5.82 Å². The van der Waals surface area contributed by atoms with Gasteiger partial charge in [0.1, 0.15) is 17.6 Å². The van der Waals surface area contributed by atoms with Crippen LogP contribution in [0.1, 0.15) is 17.5 Å². The van der Waals surface area contributed by atoms with Crippen molar-refractivity contribution >= 4 is 17.7 Å². The smallest absolute Gasteiger partial charge is 0.287 e. The Morgan fingerprint density at radius 3 is 2.52 bits per heavy atom. The number of furan rings is 1. The van der Waals surface area contributed by atoms with Crippen LogP contribution in [-0.2, 0) is 9.59 Å². The van der Waals surface area contributed by atoms with Gasteiger partial charge in [0.05, 0.1) is 6.26 Å². The molecule has 1 aromatic heterocycles. The molecule has 0 bridgehead atoms. The molecule has 0 spiro atoms. The molecular formula is C16H16FN3O5. The summed E-state index contributed by atoms with van der Waals surface area (Å²) < 4.78 is 22.8.